The van der Waals surface area contributed by atoms with Gasteiger partial charge in [0, 0.05) is 47.3 Å². The minimum Gasteiger partial charge on any atom is -0.354 e. The molecule has 0 unspecified atom stereocenters. The molecule has 7 heteroatoms. The smallest absolute Gasteiger partial charge is 0.258 e. The predicted molar refractivity (Wildman–Crippen MR) is 143 cm³/mol. The molecule has 2 N–H and O–H groups in total. The number of nitrogens with one attached hydrogen (secondary N) is 2. The second-order valence-corrected chi connectivity index (χ2v) is 9.15. The number of nitrogens with zero attached hydrogens (tertiary/aromatic N) is 3. The van der Waals surface area contributed by atoms with Gasteiger partial charge in [-0.15, -0.1) is 0 Å². The molecule has 0 bridgehead atoms. The number of rotatable bonds is 7. The first kappa shape index (κ1) is 22.9. The summed E-state index contributed by atoms with van der Waals surface area (Å²) >= 11 is 6.16. The Hall–Kier alpha value is -3.87. The molecule has 1 aliphatic rings. The SMILES string of the molecule is CN(C)CCn1ccnc1-c1ccc(N/C(=C2\C(=O)Nc3cc(Cl)ccc32)c2ccccc2)cc1. The molecular weight excluding hydrogens is 458 g/mol. The van der Waals surface area contributed by atoms with Crippen LogP contribution in [0.3, 0.4) is 0 Å². The molecule has 0 fully saturated rings. The van der Waals surface area contributed by atoms with Crippen molar-refractivity contribution in [3.63, 3.8) is 0 Å². The van der Waals surface area contributed by atoms with Crippen LogP contribution in [0.2, 0.25) is 5.02 Å². The normalized spacial score (nSPS) is 14.1. The maximum absolute atomic E-state index is 13.0. The van der Waals surface area contributed by atoms with Crippen molar-refractivity contribution in [3.05, 3.63) is 101 Å². The summed E-state index contributed by atoms with van der Waals surface area (Å²) in [7, 11) is 4.13. The number of amides is 1. The largest absolute Gasteiger partial charge is 0.354 e. The van der Waals surface area contributed by atoms with Crippen molar-refractivity contribution < 1.29 is 4.79 Å². The number of benzene rings is 3. The van der Waals surface area contributed by atoms with Crippen molar-refractivity contribution in [2.75, 3.05) is 31.3 Å². The third-order valence-corrected chi connectivity index (χ3v) is 6.19. The lowest BCUT2D eigenvalue weighted by Crippen LogP contribution is -2.18. The summed E-state index contributed by atoms with van der Waals surface area (Å²) in [6.07, 6.45) is 3.84. The van der Waals surface area contributed by atoms with Crippen molar-refractivity contribution in [3.8, 4) is 11.4 Å². The maximum atomic E-state index is 13.0. The Morgan fingerprint density at radius 2 is 1.83 bits per heavy atom. The number of carbonyl (C=O) groups is 1. The summed E-state index contributed by atoms with van der Waals surface area (Å²) in [6, 6.07) is 23.5. The first-order chi connectivity index (χ1) is 17.0. The van der Waals surface area contributed by atoms with Crippen molar-refractivity contribution in [1.29, 1.82) is 0 Å². The molecule has 1 aromatic heterocycles. The number of hydrogen-bond acceptors (Lipinski definition) is 4. The van der Waals surface area contributed by atoms with Gasteiger partial charge < -0.3 is 20.1 Å². The van der Waals surface area contributed by atoms with Gasteiger partial charge in [0.2, 0.25) is 0 Å². The van der Waals surface area contributed by atoms with Crippen LogP contribution in [0.15, 0.2) is 85.2 Å². The van der Waals surface area contributed by atoms with Gasteiger partial charge in [-0.2, -0.15) is 0 Å². The fraction of sp³-hybridized carbons (Fsp3) is 0.143. The maximum Gasteiger partial charge on any atom is 0.258 e. The van der Waals surface area contributed by atoms with E-state index in [1.807, 2.05) is 73.1 Å². The van der Waals surface area contributed by atoms with Crippen LogP contribution < -0.4 is 10.6 Å². The fourth-order valence-corrected chi connectivity index (χ4v) is 4.35. The summed E-state index contributed by atoms with van der Waals surface area (Å²) < 4.78 is 2.16. The van der Waals surface area contributed by atoms with E-state index in [0.717, 1.165) is 47.0 Å². The minimum absolute atomic E-state index is 0.159. The number of halogens is 1. The highest BCUT2D eigenvalue weighted by molar-refractivity contribution is 6.38. The lowest BCUT2D eigenvalue weighted by molar-refractivity contribution is -0.110. The second kappa shape index (κ2) is 9.78. The highest BCUT2D eigenvalue weighted by Gasteiger charge is 2.28. The number of carbonyl (C=O) groups excluding carboxylic acids is 1. The molecular formula is C28H26ClN5O. The van der Waals surface area contributed by atoms with Crippen LogP contribution in [0.5, 0.6) is 0 Å². The van der Waals surface area contributed by atoms with Gasteiger partial charge in [-0.05, 0) is 56.1 Å². The van der Waals surface area contributed by atoms with Crippen LogP contribution in [0.25, 0.3) is 22.7 Å². The Balaban J connectivity index is 1.50. The average molecular weight is 484 g/mol. The van der Waals surface area contributed by atoms with Crippen molar-refractivity contribution in [1.82, 2.24) is 14.5 Å². The zero-order valence-electron chi connectivity index (χ0n) is 19.6. The van der Waals surface area contributed by atoms with E-state index < -0.39 is 0 Å². The summed E-state index contributed by atoms with van der Waals surface area (Å²) in [5.41, 5.74) is 5.70. The van der Waals surface area contributed by atoms with E-state index in [1.54, 1.807) is 12.1 Å². The Morgan fingerprint density at radius 1 is 1.06 bits per heavy atom. The molecule has 0 spiro atoms. The van der Waals surface area contributed by atoms with Crippen LogP contribution >= 0.6 is 11.6 Å². The van der Waals surface area contributed by atoms with Crippen LogP contribution in [0.4, 0.5) is 11.4 Å². The first-order valence-electron chi connectivity index (χ1n) is 11.4. The molecule has 0 saturated heterocycles. The van der Waals surface area contributed by atoms with Gasteiger partial charge in [0.25, 0.3) is 5.91 Å². The number of anilines is 2. The van der Waals surface area contributed by atoms with Crippen LogP contribution in [0, 0.1) is 0 Å². The minimum atomic E-state index is -0.159. The Kier molecular flexibility index (Phi) is 6.40. The van der Waals surface area contributed by atoms with E-state index in [2.05, 4.69) is 39.2 Å². The number of imidazole rings is 1. The molecule has 5 rings (SSSR count). The van der Waals surface area contributed by atoms with Crippen LogP contribution in [0.1, 0.15) is 11.1 Å². The van der Waals surface area contributed by atoms with Gasteiger partial charge in [-0.1, -0.05) is 48.0 Å². The fourth-order valence-electron chi connectivity index (χ4n) is 4.18. The van der Waals surface area contributed by atoms with Crippen molar-refractivity contribution in [2.45, 2.75) is 6.54 Å². The molecule has 0 atom stereocenters. The third kappa shape index (κ3) is 4.85. The molecule has 176 valence electrons. The number of aromatic nitrogens is 2. The number of likely N-dealkylation sites (N-methyl/N-ethyl adjacent to an activating group) is 1. The summed E-state index contributed by atoms with van der Waals surface area (Å²) in [5.74, 6) is 0.772. The van der Waals surface area contributed by atoms with Gasteiger partial charge in [0.1, 0.15) is 5.82 Å². The molecule has 0 aliphatic carbocycles. The molecule has 0 radical (unpaired) electrons. The Morgan fingerprint density at radius 3 is 2.57 bits per heavy atom. The molecule has 0 saturated carbocycles. The second-order valence-electron chi connectivity index (χ2n) is 8.71. The first-order valence-corrected chi connectivity index (χ1v) is 11.8. The van der Waals surface area contributed by atoms with Crippen molar-refractivity contribution in [2.24, 2.45) is 0 Å². The van der Waals surface area contributed by atoms with Gasteiger partial charge >= 0.3 is 0 Å². The predicted octanol–water partition coefficient (Wildman–Crippen LogP) is 5.70. The van der Waals surface area contributed by atoms with E-state index in [1.165, 1.54) is 0 Å². The topological polar surface area (TPSA) is 62.2 Å². The quantitative estimate of drug-likeness (QED) is 0.331. The molecule has 2 heterocycles. The van der Waals surface area contributed by atoms with Gasteiger partial charge in [-0.3, -0.25) is 4.79 Å². The summed E-state index contributed by atoms with van der Waals surface area (Å²) in [6.45, 7) is 1.80. The van der Waals surface area contributed by atoms with E-state index in [-0.39, 0.29) is 5.91 Å². The molecule has 4 aromatic rings. The van der Waals surface area contributed by atoms with Crippen molar-refractivity contribution >= 4 is 40.2 Å². The summed E-state index contributed by atoms with van der Waals surface area (Å²) in [5, 5.41) is 7.03. The van der Waals surface area contributed by atoms with E-state index in [9.17, 15) is 4.79 Å². The highest BCUT2D eigenvalue weighted by Crippen LogP contribution is 2.38. The lowest BCUT2D eigenvalue weighted by Gasteiger charge is -2.16. The van der Waals surface area contributed by atoms with Gasteiger partial charge in [0.15, 0.2) is 0 Å². The highest BCUT2D eigenvalue weighted by atomic mass is 35.5. The number of fused-ring (bicyclic) bond motifs is 1. The van der Waals surface area contributed by atoms with E-state index >= 15 is 0 Å². The average Bonchev–Trinajstić information content (AvgIpc) is 3.45. The number of hydrogen-bond donors (Lipinski definition) is 2. The standard InChI is InChI=1S/C28H26ClN5O/c1-33(2)16-17-34-15-14-30-27(34)20-8-11-22(12-9-20)31-26(19-6-4-3-5-7-19)25-23-13-10-21(29)18-24(23)32-28(25)35/h3-15,18,31H,16-17H2,1-2H3,(H,32,35)/b26-25-. The molecule has 1 aliphatic heterocycles. The van der Waals surface area contributed by atoms with Gasteiger partial charge in [-0.25, -0.2) is 4.98 Å². The molecule has 1 amide bonds. The Bertz CT molecular complexity index is 1390. The molecule has 3 aromatic carbocycles. The zero-order chi connectivity index (χ0) is 24.4. The van der Waals surface area contributed by atoms with Crippen LogP contribution in [-0.4, -0.2) is 41.0 Å². The van der Waals surface area contributed by atoms with Gasteiger partial charge in [0.05, 0.1) is 17.0 Å². The molecule has 35 heavy (non-hydrogen) atoms. The third-order valence-electron chi connectivity index (χ3n) is 5.95. The van der Waals surface area contributed by atoms with Crippen LogP contribution in [-0.2, 0) is 11.3 Å². The lowest BCUT2D eigenvalue weighted by atomic mass is 10.00. The monoisotopic (exact) mass is 483 g/mol. The Labute approximate surface area is 209 Å². The zero-order valence-corrected chi connectivity index (χ0v) is 20.4. The van der Waals surface area contributed by atoms with E-state index in [0.29, 0.717) is 16.3 Å². The molecule has 6 nitrogen and oxygen atoms in total. The van der Waals surface area contributed by atoms with E-state index in [4.69, 9.17) is 11.6 Å². The summed E-state index contributed by atoms with van der Waals surface area (Å²) in [4.78, 5) is 19.7.